The number of para-hydroxylation sites is 2. The lowest BCUT2D eigenvalue weighted by molar-refractivity contribution is -0.128. The fourth-order valence-electron chi connectivity index (χ4n) is 5.36. The lowest BCUT2D eigenvalue weighted by Crippen LogP contribution is -2.55. The number of methoxy groups -OCH3 is 1. The van der Waals surface area contributed by atoms with Crippen LogP contribution in [0.25, 0.3) is 10.8 Å². The molecule has 9 nitrogen and oxygen atoms in total. The minimum atomic E-state index is -1.07. The summed E-state index contributed by atoms with van der Waals surface area (Å²) in [5.74, 6) is -0.718. The molecule has 234 valence electrons. The Morgan fingerprint density at radius 1 is 0.978 bits per heavy atom. The van der Waals surface area contributed by atoms with E-state index in [0.717, 1.165) is 20.8 Å². The number of carbonyl (C=O) groups excluding carboxylic acids is 4. The van der Waals surface area contributed by atoms with Crippen molar-refractivity contribution in [3.8, 4) is 5.75 Å². The Bertz CT molecular complexity index is 1780. The van der Waals surface area contributed by atoms with Gasteiger partial charge in [-0.05, 0) is 74.1 Å². The number of Topliss-reactive ketones (excluding diaryl/α,β-unsaturated/α-hetero) is 1. The van der Waals surface area contributed by atoms with E-state index in [9.17, 15) is 19.2 Å². The van der Waals surface area contributed by atoms with Crippen LogP contribution in [0.4, 0.5) is 11.4 Å². The van der Waals surface area contributed by atoms with Crippen LogP contribution in [0.1, 0.15) is 40.1 Å². The van der Waals surface area contributed by atoms with E-state index in [1.165, 1.54) is 11.8 Å². The number of halogens is 2. The first-order valence-electron chi connectivity index (χ1n) is 14.2. The van der Waals surface area contributed by atoms with E-state index in [0.29, 0.717) is 28.3 Å². The van der Waals surface area contributed by atoms with E-state index in [1.54, 1.807) is 74.5 Å². The number of nitrogens with zero attached hydrogens (tertiary/aromatic N) is 2. The van der Waals surface area contributed by atoms with Gasteiger partial charge in [0.05, 0.1) is 37.6 Å². The van der Waals surface area contributed by atoms with Gasteiger partial charge in [0, 0.05) is 21.2 Å². The lowest BCUT2D eigenvalue weighted by Gasteiger charge is -2.27. The van der Waals surface area contributed by atoms with Crippen LogP contribution in [-0.4, -0.2) is 56.3 Å². The molecule has 2 atom stereocenters. The second-order valence-corrected chi connectivity index (χ2v) is 11.6. The van der Waals surface area contributed by atoms with Gasteiger partial charge in [-0.1, -0.05) is 52.3 Å². The van der Waals surface area contributed by atoms with Crippen molar-refractivity contribution in [2.24, 2.45) is 0 Å². The maximum atomic E-state index is 14.5. The third-order valence-corrected chi connectivity index (χ3v) is 8.38. The molecule has 4 aromatic carbocycles. The predicted octanol–water partition coefficient (Wildman–Crippen LogP) is 5.52. The molecular formula is C34H34BrClN4O5. The van der Waals surface area contributed by atoms with Crippen molar-refractivity contribution in [2.45, 2.75) is 32.5 Å². The number of ketones is 1. The van der Waals surface area contributed by atoms with Gasteiger partial charge in [0.1, 0.15) is 11.8 Å². The largest absolute Gasteiger partial charge is 0.496 e. The lowest BCUT2D eigenvalue weighted by atomic mass is 10.0. The number of likely N-dealkylation sites (N-methyl/N-ethyl adjacent to an activating group) is 1. The van der Waals surface area contributed by atoms with E-state index < -0.39 is 18.0 Å². The van der Waals surface area contributed by atoms with Crippen molar-refractivity contribution >= 4 is 74.0 Å². The Hall–Kier alpha value is -4.25. The van der Waals surface area contributed by atoms with Gasteiger partial charge in [-0.25, -0.2) is 0 Å². The van der Waals surface area contributed by atoms with Crippen LogP contribution in [0.3, 0.4) is 0 Å². The fourth-order valence-corrected chi connectivity index (χ4v) is 5.74. The average Bonchev–Trinajstić information content (AvgIpc) is 3.14. The fraction of sp³-hybridized carbons (Fsp3) is 0.235. The van der Waals surface area contributed by atoms with Crippen molar-refractivity contribution in [2.75, 3.05) is 30.5 Å². The van der Waals surface area contributed by atoms with Gasteiger partial charge < -0.3 is 25.2 Å². The Balaban J connectivity index is 0.00000461. The highest BCUT2D eigenvalue weighted by Crippen LogP contribution is 2.38. The Morgan fingerprint density at radius 3 is 2.38 bits per heavy atom. The van der Waals surface area contributed by atoms with E-state index in [2.05, 4.69) is 26.6 Å². The second kappa shape index (κ2) is 14.2. The molecule has 0 radical (unpaired) electrons. The quantitative estimate of drug-likeness (QED) is 0.236. The summed E-state index contributed by atoms with van der Waals surface area (Å²) in [5.41, 5.74) is 2.48. The number of amides is 3. The van der Waals surface area contributed by atoms with Gasteiger partial charge >= 0.3 is 0 Å². The van der Waals surface area contributed by atoms with E-state index in [4.69, 9.17) is 4.74 Å². The van der Waals surface area contributed by atoms with Gasteiger partial charge in [0.25, 0.3) is 11.8 Å². The number of fused-ring (bicyclic) bond motifs is 2. The Labute approximate surface area is 276 Å². The summed E-state index contributed by atoms with van der Waals surface area (Å²) in [6.07, 6.45) is 0. The van der Waals surface area contributed by atoms with Crippen molar-refractivity contribution in [3.05, 3.63) is 100 Å². The van der Waals surface area contributed by atoms with Crippen molar-refractivity contribution < 1.29 is 23.9 Å². The topological polar surface area (TPSA) is 108 Å². The highest BCUT2D eigenvalue weighted by atomic mass is 79.9. The maximum Gasteiger partial charge on any atom is 0.258 e. The number of nitrogens with one attached hydrogen (secondary N) is 2. The zero-order valence-corrected chi connectivity index (χ0v) is 27.7. The molecule has 1 aliphatic rings. The molecule has 11 heteroatoms. The Morgan fingerprint density at radius 2 is 1.69 bits per heavy atom. The van der Waals surface area contributed by atoms with Gasteiger partial charge in [-0.15, -0.1) is 12.4 Å². The number of anilines is 2. The van der Waals surface area contributed by atoms with Crippen molar-refractivity contribution in [1.29, 1.82) is 0 Å². The number of carbonyl (C=O) groups is 4. The molecule has 0 saturated heterocycles. The smallest absolute Gasteiger partial charge is 0.258 e. The third-order valence-electron chi connectivity index (χ3n) is 7.88. The molecule has 3 amide bonds. The molecule has 2 N–H and O–H groups in total. The standard InChI is InChI=1S/C34H33BrN4O5.ClH/c1-20(36-3)32(41)37-28-19-39(33(42)24-9-7-8-22(16-24)21(2)40)30-11-6-5-10-29(30)38(34(28)43)18-27-26-14-13-25(35)17-23(26)12-15-31(27)44-4;/h5-17,20,28,36H,18-19H2,1-4H3,(H,37,41);1H. The van der Waals surface area contributed by atoms with E-state index >= 15 is 0 Å². The summed E-state index contributed by atoms with van der Waals surface area (Å²) >= 11 is 3.54. The SMILES string of the molecule is CNC(C)C(=O)NC1CN(C(=O)c2cccc(C(C)=O)c2)c2ccccc2N(Cc2c(OC)ccc3cc(Br)ccc23)C1=O.Cl. The number of rotatable bonds is 8. The number of ether oxygens (including phenoxy) is 1. The zero-order valence-electron chi connectivity index (χ0n) is 25.3. The molecule has 0 aromatic heterocycles. The molecule has 0 bridgehead atoms. The van der Waals surface area contributed by atoms with Crippen LogP contribution < -0.4 is 25.2 Å². The Kier molecular flexibility index (Phi) is 10.6. The minimum Gasteiger partial charge on any atom is -0.496 e. The van der Waals surface area contributed by atoms with Crippen LogP contribution in [0.15, 0.2) is 83.3 Å². The molecular weight excluding hydrogens is 660 g/mol. The van der Waals surface area contributed by atoms with Gasteiger partial charge in [-0.2, -0.15) is 0 Å². The molecule has 1 aliphatic heterocycles. The minimum absolute atomic E-state index is 0. The summed E-state index contributed by atoms with van der Waals surface area (Å²) in [5, 5.41) is 7.63. The van der Waals surface area contributed by atoms with Gasteiger partial charge in [-0.3, -0.25) is 19.2 Å². The monoisotopic (exact) mass is 692 g/mol. The summed E-state index contributed by atoms with van der Waals surface area (Å²) < 4.78 is 6.66. The van der Waals surface area contributed by atoms with Crippen LogP contribution >= 0.6 is 28.3 Å². The first kappa shape index (κ1) is 33.6. The number of hydrogen-bond donors (Lipinski definition) is 2. The average molecular weight is 694 g/mol. The maximum absolute atomic E-state index is 14.5. The first-order chi connectivity index (χ1) is 21.1. The molecule has 0 spiro atoms. The summed E-state index contributed by atoms with van der Waals surface area (Å²) in [4.78, 5) is 56.9. The molecule has 2 unspecified atom stereocenters. The zero-order chi connectivity index (χ0) is 31.5. The van der Waals surface area contributed by atoms with Crippen LogP contribution in [0.2, 0.25) is 0 Å². The number of benzene rings is 4. The van der Waals surface area contributed by atoms with Crippen molar-refractivity contribution in [1.82, 2.24) is 10.6 Å². The van der Waals surface area contributed by atoms with E-state index in [1.807, 2.05) is 30.3 Å². The molecule has 4 aromatic rings. The van der Waals surface area contributed by atoms with Gasteiger partial charge in [0.2, 0.25) is 5.91 Å². The second-order valence-electron chi connectivity index (χ2n) is 10.6. The summed E-state index contributed by atoms with van der Waals surface area (Å²) in [7, 11) is 3.24. The van der Waals surface area contributed by atoms with Gasteiger partial charge in [0.15, 0.2) is 5.78 Å². The van der Waals surface area contributed by atoms with Crippen LogP contribution in [0, 0.1) is 0 Å². The molecule has 0 aliphatic carbocycles. The normalized spacial score (nSPS) is 15.0. The van der Waals surface area contributed by atoms with Crippen molar-refractivity contribution in [3.63, 3.8) is 0 Å². The highest BCUT2D eigenvalue weighted by Gasteiger charge is 2.38. The summed E-state index contributed by atoms with van der Waals surface area (Å²) in [6, 6.07) is 21.7. The first-order valence-corrected chi connectivity index (χ1v) is 15.0. The van der Waals surface area contributed by atoms with E-state index in [-0.39, 0.29) is 43.1 Å². The molecule has 45 heavy (non-hydrogen) atoms. The third kappa shape index (κ3) is 6.88. The molecule has 1 heterocycles. The summed E-state index contributed by atoms with van der Waals surface area (Å²) in [6.45, 7) is 3.14. The van der Waals surface area contributed by atoms with Crippen LogP contribution in [0.5, 0.6) is 5.75 Å². The predicted molar refractivity (Wildman–Crippen MR) is 182 cm³/mol. The molecule has 0 fully saturated rings. The van der Waals surface area contributed by atoms with Crippen LogP contribution in [-0.2, 0) is 16.1 Å². The molecule has 0 saturated carbocycles. The highest BCUT2D eigenvalue weighted by molar-refractivity contribution is 9.10. The number of hydrogen-bond acceptors (Lipinski definition) is 6. The molecule has 5 rings (SSSR count).